The average molecular weight is 278 g/mol. The van der Waals surface area contributed by atoms with Gasteiger partial charge in [-0.3, -0.25) is 4.90 Å². The van der Waals surface area contributed by atoms with Crippen LogP contribution in [0.4, 0.5) is 0 Å². The number of benzene rings is 1. The molecule has 1 aliphatic rings. The van der Waals surface area contributed by atoms with Gasteiger partial charge in [-0.2, -0.15) is 0 Å². The maximum absolute atomic E-state index is 6.01. The van der Waals surface area contributed by atoms with Gasteiger partial charge >= 0.3 is 0 Å². The van der Waals surface area contributed by atoms with Crippen molar-refractivity contribution in [2.45, 2.75) is 25.8 Å². The number of nitrogens with zero attached hydrogens (tertiary/aromatic N) is 1. The van der Waals surface area contributed by atoms with Crippen LogP contribution in [-0.4, -0.2) is 38.8 Å². The molecular formula is C16H26N2O2. The Morgan fingerprint density at radius 2 is 2.10 bits per heavy atom. The van der Waals surface area contributed by atoms with Crippen LogP contribution in [0.2, 0.25) is 0 Å². The predicted octanol–water partition coefficient (Wildman–Crippen LogP) is 2.44. The van der Waals surface area contributed by atoms with E-state index in [1.54, 1.807) is 14.2 Å². The second-order valence-corrected chi connectivity index (χ2v) is 5.32. The molecule has 4 nitrogen and oxygen atoms in total. The summed E-state index contributed by atoms with van der Waals surface area (Å²) < 4.78 is 10.9. The maximum atomic E-state index is 6.01. The topological polar surface area (TPSA) is 47.7 Å². The quantitative estimate of drug-likeness (QED) is 0.898. The van der Waals surface area contributed by atoms with E-state index in [1.165, 1.54) is 18.4 Å². The molecular weight excluding hydrogens is 252 g/mol. The van der Waals surface area contributed by atoms with Gasteiger partial charge in [0.15, 0.2) is 0 Å². The molecule has 0 amide bonds. The smallest absolute Gasteiger partial charge is 0.123 e. The molecule has 0 aromatic heterocycles. The van der Waals surface area contributed by atoms with Crippen LogP contribution in [0.25, 0.3) is 0 Å². The second-order valence-electron chi connectivity index (χ2n) is 5.32. The number of methoxy groups -OCH3 is 2. The summed E-state index contributed by atoms with van der Waals surface area (Å²) in [6.45, 7) is 5.07. The number of hydrogen-bond acceptors (Lipinski definition) is 4. The van der Waals surface area contributed by atoms with E-state index in [9.17, 15) is 0 Å². The first-order chi connectivity index (χ1) is 9.74. The van der Waals surface area contributed by atoms with Crippen molar-refractivity contribution in [2.75, 3.05) is 33.9 Å². The van der Waals surface area contributed by atoms with Crippen LogP contribution in [-0.2, 0) is 0 Å². The van der Waals surface area contributed by atoms with Gasteiger partial charge in [-0.05, 0) is 56.6 Å². The molecule has 4 heteroatoms. The fourth-order valence-corrected chi connectivity index (χ4v) is 3.27. The Hall–Kier alpha value is -1.26. The van der Waals surface area contributed by atoms with E-state index >= 15 is 0 Å². The lowest BCUT2D eigenvalue weighted by atomic mass is 9.84. The normalized spacial score (nSPS) is 23.6. The number of hydrogen-bond donors (Lipinski definition) is 1. The van der Waals surface area contributed by atoms with Crippen molar-refractivity contribution in [3.8, 4) is 11.5 Å². The summed E-state index contributed by atoms with van der Waals surface area (Å²) in [5.41, 5.74) is 7.21. The molecule has 1 saturated heterocycles. The third-order valence-corrected chi connectivity index (χ3v) is 4.32. The van der Waals surface area contributed by atoms with Crippen molar-refractivity contribution in [3.05, 3.63) is 23.8 Å². The Balaban J connectivity index is 2.43. The Morgan fingerprint density at radius 3 is 2.70 bits per heavy atom. The van der Waals surface area contributed by atoms with Crippen LogP contribution >= 0.6 is 0 Å². The number of ether oxygens (including phenoxy) is 2. The second kappa shape index (κ2) is 6.95. The molecule has 2 atom stereocenters. The Kier molecular flexibility index (Phi) is 5.26. The lowest BCUT2D eigenvalue weighted by Crippen LogP contribution is -2.41. The van der Waals surface area contributed by atoms with Crippen molar-refractivity contribution < 1.29 is 9.47 Å². The van der Waals surface area contributed by atoms with Gasteiger partial charge in [0.25, 0.3) is 0 Å². The molecule has 1 heterocycles. The van der Waals surface area contributed by atoms with Crippen LogP contribution in [0.15, 0.2) is 18.2 Å². The molecule has 0 spiro atoms. The van der Waals surface area contributed by atoms with Gasteiger partial charge in [0.2, 0.25) is 0 Å². The number of nitrogens with two attached hydrogens (primary N) is 1. The molecule has 1 aromatic rings. The monoisotopic (exact) mass is 278 g/mol. The SMILES string of the molecule is CCN1CCCC(CN)C1c1cc(OC)ccc1OC. The molecule has 1 fully saturated rings. The van der Waals surface area contributed by atoms with Crippen LogP contribution in [0, 0.1) is 5.92 Å². The highest BCUT2D eigenvalue weighted by Crippen LogP contribution is 2.40. The molecule has 1 aromatic carbocycles. The van der Waals surface area contributed by atoms with Gasteiger partial charge < -0.3 is 15.2 Å². The molecule has 2 unspecified atom stereocenters. The summed E-state index contributed by atoms with van der Waals surface area (Å²) in [6.07, 6.45) is 2.40. The molecule has 20 heavy (non-hydrogen) atoms. The zero-order valence-corrected chi connectivity index (χ0v) is 12.8. The minimum Gasteiger partial charge on any atom is -0.497 e. The predicted molar refractivity (Wildman–Crippen MR) is 81.3 cm³/mol. The summed E-state index contributed by atoms with van der Waals surface area (Å²) >= 11 is 0. The van der Waals surface area contributed by atoms with E-state index in [0.717, 1.165) is 24.6 Å². The van der Waals surface area contributed by atoms with Crippen LogP contribution in [0.5, 0.6) is 11.5 Å². The van der Waals surface area contributed by atoms with Crippen LogP contribution in [0.1, 0.15) is 31.4 Å². The first kappa shape index (κ1) is 15.1. The maximum Gasteiger partial charge on any atom is 0.123 e. The number of likely N-dealkylation sites (tertiary alicyclic amines) is 1. The first-order valence-corrected chi connectivity index (χ1v) is 7.41. The molecule has 1 aliphatic heterocycles. The van der Waals surface area contributed by atoms with Gasteiger partial charge in [-0.25, -0.2) is 0 Å². The Bertz CT molecular complexity index is 424. The zero-order valence-electron chi connectivity index (χ0n) is 12.8. The standard InChI is InChI=1S/C16H26N2O2/c1-4-18-9-5-6-12(11-17)16(18)14-10-13(19-2)7-8-15(14)20-3/h7-8,10,12,16H,4-6,9,11,17H2,1-3H3. The minimum absolute atomic E-state index is 0.323. The highest BCUT2D eigenvalue weighted by Gasteiger charge is 2.33. The third kappa shape index (κ3) is 2.91. The van der Waals surface area contributed by atoms with Crippen molar-refractivity contribution in [3.63, 3.8) is 0 Å². The van der Waals surface area contributed by atoms with Gasteiger partial charge in [0, 0.05) is 11.6 Å². The summed E-state index contributed by atoms with van der Waals surface area (Å²) in [4.78, 5) is 2.50. The van der Waals surface area contributed by atoms with Crippen molar-refractivity contribution in [2.24, 2.45) is 11.7 Å². The molecule has 0 aliphatic carbocycles. The summed E-state index contributed by atoms with van der Waals surface area (Å²) in [5, 5.41) is 0. The van der Waals surface area contributed by atoms with Gasteiger partial charge in [-0.1, -0.05) is 6.92 Å². The summed E-state index contributed by atoms with van der Waals surface area (Å²) in [5.74, 6) is 2.28. The summed E-state index contributed by atoms with van der Waals surface area (Å²) in [6, 6.07) is 6.35. The Labute approximate surface area is 121 Å². The Morgan fingerprint density at radius 1 is 1.30 bits per heavy atom. The molecule has 0 saturated carbocycles. The lowest BCUT2D eigenvalue weighted by Gasteiger charge is -2.41. The molecule has 0 bridgehead atoms. The van der Waals surface area contributed by atoms with Crippen molar-refractivity contribution >= 4 is 0 Å². The highest BCUT2D eigenvalue weighted by atomic mass is 16.5. The fourth-order valence-electron chi connectivity index (χ4n) is 3.27. The van der Waals surface area contributed by atoms with E-state index in [0.29, 0.717) is 18.5 Å². The minimum atomic E-state index is 0.323. The van der Waals surface area contributed by atoms with E-state index in [4.69, 9.17) is 15.2 Å². The largest absolute Gasteiger partial charge is 0.497 e. The van der Waals surface area contributed by atoms with Crippen molar-refractivity contribution in [1.29, 1.82) is 0 Å². The molecule has 112 valence electrons. The van der Waals surface area contributed by atoms with E-state index in [2.05, 4.69) is 17.9 Å². The highest BCUT2D eigenvalue weighted by molar-refractivity contribution is 5.43. The van der Waals surface area contributed by atoms with Crippen molar-refractivity contribution in [1.82, 2.24) is 4.90 Å². The molecule has 2 N–H and O–H groups in total. The van der Waals surface area contributed by atoms with Gasteiger partial charge in [0.05, 0.1) is 14.2 Å². The van der Waals surface area contributed by atoms with E-state index in [-0.39, 0.29) is 0 Å². The van der Waals surface area contributed by atoms with Gasteiger partial charge in [0.1, 0.15) is 11.5 Å². The van der Waals surface area contributed by atoms with Gasteiger partial charge in [-0.15, -0.1) is 0 Å². The van der Waals surface area contributed by atoms with E-state index < -0.39 is 0 Å². The lowest BCUT2D eigenvalue weighted by molar-refractivity contribution is 0.0996. The number of piperidine rings is 1. The molecule has 2 rings (SSSR count). The van der Waals surface area contributed by atoms with E-state index in [1.807, 2.05) is 12.1 Å². The average Bonchev–Trinajstić information content (AvgIpc) is 2.53. The van der Waals surface area contributed by atoms with Crippen LogP contribution in [0.3, 0.4) is 0 Å². The zero-order chi connectivity index (χ0) is 14.5. The third-order valence-electron chi connectivity index (χ3n) is 4.32. The van der Waals surface area contributed by atoms with Crippen LogP contribution < -0.4 is 15.2 Å². The number of rotatable bonds is 5. The first-order valence-electron chi connectivity index (χ1n) is 7.41. The molecule has 0 radical (unpaired) electrons. The fraction of sp³-hybridized carbons (Fsp3) is 0.625. The summed E-state index contributed by atoms with van der Waals surface area (Å²) in [7, 11) is 3.42.